The molecule has 0 spiro atoms. The summed E-state index contributed by atoms with van der Waals surface area (Å²) in [7, 11) is -0.524. The first kappa shape index (κ1) is 16.9. The Labute approximate surface area is 122 Å². The second kappa shape index (κ2) is 7.04. The van der Waals surface area contributed by atoms with Gasteiger partial charge in [-0.15, -0.1) is 0 Å². The van der Waals surface area contributed by atoms with Crippen molar-refractivity contribution in [1.82, 2.24) is 9.62 Å². The second-order valence-corrected chi connectivity index (χ2v) is 6.66. The number of nitrogens with one attached hydrogen (secondary N) is 2. The number of nitrogens with zero attached hydrogens (tertiary/aromatic N) is 1. The van der Waals surface area contributed by atoms with Gasteiger partial charge in [-0.3, -0.25) is 0 Å². The maximum absolute atomic E-state index is 11.5. The van der Waals surface area contributed by atoms with Gasteiger partial charge >= 0.3 is 12.0 Å². The highest BCUT2D eigenvalue weighted by Gasteiger charge is 2.13. The summed E-state index contributed by atoms with van der Waals surface area (Å²) in [6.45, 7) is -0.0282. The minimum Gasteiger partial charge on any atom is -0.478 e. The average Bonchev–Trinajstić information content (AvgIpc) is 2.38. The number of urea groups is 1. The zero-order chi connectivity index (χ0) is 16.0. The van der Waals surface area contributed by atoms with Crippen molar-refractivity contribution in [2.75, 3.05) is 31.7 Å². The standard InChI is InChI=1S/C12H17N3O5S/c1-15(2)21(19,20)8-7-13-12(18)14-10-5-3-9(4-6-10)11(16)17/h3-6H,7-8H2,1-2H3,(H,16,17)(H2,13,14,18). The Bertz CT molecular complexity index is 610. The summed E-state index contributed by atoms with van der Waals surface area (Å²) in [5.74, 6) is -1.26. The molecule has 1 aromatic carbocycles. The smallest absolute Gasteiger partial charge is 0.335 e. The monoisotopic (exact) mass is 315 g/mol. The van der Waals surface area contributed by atoms with Crippen LogP contribution in [0.15, 0.2) is 24.3 Å². The third-order valence-corrected chi connectivity index (χ3v) is 4.42. The maximum Gasteiger partial charge on any atom is 0.335 e. The molecule has 0 bridgehead atoms. The number of hydrogen-bond acceptors (Lipinski definition) is 4. The Morgan fingerprint density at radius 2 is 1.76 bits per heavy atom. The molecule has 0 radical (unpaired) electrons. The van der Waals surface area contributed by atoms with E-state index in [1.807, 2.05) is 0 Å². The zero-order valence-electron chi connectivity index (χ0n) is 11.7. The van der Waals surface area contributed by atoms with Crippen LogP contribution in [0.25, 0.3) is 0 Å². The number of aromatic carboxylic acids is 1. The lowest BCUT2D eigenvalue weighted by atomic mass is 10.2. The molecular weight excluding hydrogens is 298 g/mol. The molecule has 2 amide bonds. The molecule has 0 saturated heterocycles. The van der Waals surface area contributed by atoms with Crippen molar-refractivity contribution < 1.29 is 23.1 Å². The molecule has 0 aliphatic heterocycles. The Kier molecular flexibility index (Phi) is 5.68. The molecule has 0 fully saturated rings. The fourth-order valence-corrected chi connectivity index (χ4v) is 2.07. The van der Waals surface area contributed by atoms with Crippen LogP contribution in [0.1, 0.15) is 10.4 Å². The lowest BCUT2D eigenvalue weighted by molar-refractivity contribution is 0.0697. The number of sulfonamides is 1. The van der Waals surface area contributed by atoms with Crippen LogP contribution < -0.4 is 10.6 Å². The Balaban J connectivity index is 2.46. The highest BCUT2D eigenvalue weighted by Crippen LogP contribution is 2.09. The Morgan fingerprint density at radius 3 is 2.24 bits per heavy atom. The number of carboxylic acid groups (broad SMARTS) is 1. The molecule has 1 rings (SSSR count). The number of benzene rings is 1. The van der Waals surface area contributed by atoms with E-state index in [1.165, 1.54) is 38.4 Å². The number of anilines is 1. The van der Waals surface area contributed by atoms with E-state index in [9.17, 15) is 18.0 Å². The first-order chi connectivity index (χ1) is 9.72. The van der Waals surface area contributed by atoms with Crippen LogP contribution in [-0.2, 0) is 10.0 Å². The van der Waals surface area contributed by atoms with Crippen molar-refractivity contribution in [3.8, 4) is 0 Å². The number of rotatable bonds is 6. The third-order valence-electron chi connectivity index (χ3n) is 2.59. The molecule has 8 nitrogen and oxygen atoms in total. The molecular formula is C12H17N3O5S. The van der Waals surface area contributed by atoms with E-state index in [4.69, 9.17) is 5.11 Å². The summed E-state index contributed by atoms with van der Waals surface area (Å²) < 4.78 is 24.0. The lowest BCUT2D eigenvalue weighted by Crippen LogP contribution is -2.36. The van der Waals surface area contributed by atoms with Crippen LogP contribution in [0.2, 0.25) is 0 Å². The van der Waals surface area contributed by atoms with Gasteiger partial charge in [0.2, 0.25) is 10.0 Å². The van der Waals surface area contributed by atoms with E-state index in [0.29, 0.717) is 5.69 Å². The van der Waals surface area contributed by atoms with Gasteiger partial charge < -0.3 is 15.7 Å². The van der Waals surface area contributed by atoms with E-state index in [-0.39, 0.29) is 17.9 Å². The summed E-state index contributed by atoms with van der Waals surface area (Å²) in [6.07, 6.45) is 0. The number of hydrogen-bond donors (Lipinski definition) is 3. The van der Waals surface area contributed by atoms with E-state index in [0.717, 1.165) is 4.31 Å². The molecule has 0 unspecified atom stereocenters. The highest BCUT2D eigenvalue weighted by atomic mass is 32.2. The lowest BCUT2D eigenvalue weighted by Gasteiger charge is -2.12. The van der Waals surface area contributed by atoms with Gasteiger partial charge in [0, 0.05) is 26.3 Å². The summed E-state index contributed by atoms with van der Waals surface area (Å²) in [6, 6.07) is 5.04. The first-order valence-electron chi connectivity index (χ1n) is 6.01. The molecule has 0 aromatic heterocycles. The molecule has 9 heteroatoms. The van der Waals surface area contributed by atoms with E-state index in [2.05, 4.69) is 10.6 Å². The predicted octanol–water partition coefficient (Wildman–Crippen LogP) is 0.398. The first-order valence-corrected chi connectivity index (χ1v) is 7.61. The summed E-state index contributed by atoms with van der Waals surface area (Å²) in [5, 5.41) is 13.6. The van der Waals surface area contributed by atoms with E-state index in [1.54, 1.807) is 0 Å². The maximum atomic E-state index is 11.5. The fourth-order valence-electron chi connectivity index (χ4n) is 1.35. The molecule has 3 N–H and O–H groups in total. The van der Waals surface area contributed by atoms with Gasteiger partial charge in [0.1, 0.15) is 0 Å². The molecule has 0 saturated carbocycles. The van der Waals surface area contributed by atoms with Crippen molar-refractivity contribution in [3.05, 3.63) is 29.8 Å². The fraction of sp³-hybridized carbons (Fsp3) is 0.333. The predicted molar refractivity (Wildman–Crippen MR) is 77.9 cm³/mol. The van der Waals surface area contributed by atoms with E-state index >= 15 is 0 Å². The van der Waals surface area contributed by atoms with E-state index < -0.39 is 22.0 Å². The number of carboxylic acids is 1. The molecule has 0 aliphatic carbocycles. The van der Waals surface area contributed by atoms with Crippen molar-refractivity contribution in [2.24, 2.45) is 0 Å². The van der Waals surface area contributed by atoms with Gasteiger partial charge in [0.05, 0.1) is 11.3 Å². The molecule has 1 aromatic rings. The molecule has 21 heavy (non-hydrogen) atoms. The van der Waals surface area contributed by atoms with Crippen LogP contribution in [0.5, 0.6) is 0 Å². The number of amides is 2. The van der Waals surface area contributed by atoms with Crippen LogP contribution in [0.3, 0.4) is 0 Å². The van der Waals surface area contributed by atoms with Gasteiger partial charge in [-0.25, -0.2) is 22.3 Å². The van der Waals surface area contributed by atoms with Crippen LogP contribution >= 0.6 is 0 Å². The molecule has 0 atom stereocenters. The van der Waals surface area contributed by atoms with Gasteiger partial charge in [-0.05, 0) is 24.3 Å². The van der Waals surface area contributed by atoms with Gasteiger partial charge in [0.15, 0.2) is 0 Å². The number of carbonyl (C=O) groups is 2. The largest absolute Gasteiger partial charge is 0.478 e. The van der Waals surface area contributed by atoms with Crippen LogP contribution in [-0.4, -0.2) is 56.2 Å². The van der Waals surface area contributed by atoms with Crippen LogP contribution in [0, 0.1) is 0 Å². The normalized spacial score (nSPS) is 11.2. The SMILES string of the molecule is CN(C)S(=O)(=O)CCNC(=O)Nc1ccc(C(=O)O)cc1. The minimum atomic E-state index is -3.36. The van der Waals surface area contributed by atoms with Gasteiger partial charge in [-0.1, -0.05) is 0 Å². The van der Waals surface area contributed by atoms with Crippen molar-refractivity contribution in [2.45, 2.75) is 0 Å². The second-order valence-electron chi connectivity index (χ2n) is 4.36. The minimum absolute atomic E-state index is 0.0282. The Hall–Kier alpha value is -2.13. The highest BCUT2D eigenvalue weighted by molar-refractivity contribution is 7.89. The van der Waals surface area contributed by atoms with Gasteiger partial charge in [-0.2, -0.15) is 0 Å². The van der Waals surface area contributed by atoms with Crippen molar-refractivity contribution in [1.29, 1.82) is 0 Å². The third kappa shape index (κ3) is 5.40. The quantitative estimate of drug-likeness (QED) is 0.702. The van der Waals surface area contributed by atoms with Crippen molar-refractivity contribution in [3.63, 3.8) is 0 Å². The molecule has 0 heterocycles. The summed E-state index contributed by atoms with van der Waals surface area (Å²) in [5.41, 5.74) is 0.519. The summed E-state index contributed by atoms with van der Waals surface area (Å²) in [4.78, 5) is 22.2. The van der Waals surface area contributed by atoms with Crippen molar-refractivity contribution >= 4 is 27.7 Å². The average molecular weight is 315 g/mol. The zero-order valence-corrected chi connectivity index (χ0v) is 12.5. The van der Waals surface area contributed by atoms with Gasteiger partial charge in [0.25, 0.3) is 0 Å². The molecule has 0 aliphatic rings. The number of carbonyl (C=O) groups excluding carboxylic acids is 1. The summed E-state index contributed by atoms with van der Waals surface area (Å²) >= 11 is 0. The topological polar surface area (TPSA) is 116 Å². The van der Waals surface area contributed by atoms with Crippen LogP contribution in [0.4, 0.5) is 10.5 Å². The molecule has 116 valence electrons. The Morgan fingerprint density at radius 1 is 1.19 bits per heavy atom.